The number of rotatable bonds is 9. The monoisotopic (exact) mass is 267 g/mol. The van der Waals surface area contributed by atoms with Gasteiger partial charge in [0.25, 0.3) is 0 Å². The van der Waals surface area contributed by atoms with E-state index in [0.717, 1.165) is 30.7 Å². The maximum atomic E-state index is 9.36. The van der Waals surface area contributed by atoms with E-state index < -0.39 is 0 Å². The van der Waals surface area contributed by atoms with Crippen molar-refractivity contribution in [2.75, 3.05) is 19.8 Å². The minimum atomic E-state index is -0.223. The Kier molecular flexibility index (Phi) is 6.84. The van der Waals surface area contributed by atoms with Crippen LogP contribution in [0.2, 0.25) is 0 Å². The van der Waals surface area contributed by atoms with Crippen LogP contribution in [0, 0.1) is 0 Å². The largest absolute Gasteiger partial charge is 0.494 e. The van der Waals surface area contributed by atoms with Crippen LogP contribution in [0.3, 0.4) is 0 Å². The van der Waals surface area contributed by atoms with Gasteiger partial charge in [-0.3, -0.25) is 0 Å². The van der Waals surface area contributed by atoms with Crippen molar-refractivity contribution in [3.8, 4) is 5.75 Å². The fraction of sp³-hybridized carbons (Fsp3) is 0.600. The highest BCUT2D eigenvalue weighted by atomic mass is 16.5. The molecule has 108 valence electrons. The minimum Gasteiger partial charge on any atom is -0.494 e. The molecule has 0 amide bonds. The Balaban J connectivity index is 2.29. The highest BCUT2D eigenvalue weighted by Gasteiger charge is 2.20. The number of nitrogens with one attached hydrogen (secondary N) is 1. The van der Waals surface area contributed by atoms with Gasteiger partial charge in [0.1, 0.15) is 5.75 Å². The standard InChI is InChI=1S/C15H25NO3/c1-3-16-15(2,12-18)9-4-10-19-14-7-5-13(11-17)6-8-14/h5-8,16-18H,3-4,9-12H2,1-2H3. The third-order valence-corrected chi connectivity index (χ3v) is 3.20. The molecule has 1 rings (SSSR count). The summed E-state index contributed by atoms with van der Waals surface area (Å²) >= 11 is 0. The van der Waals surface area contributed by atoms with Gasteiger partial charge in [-0.1, -0.05) is 19.1 Å². The second-order valence-corrected chi connectivity index (χ2v) is 5.00. The summed E-state index contributed by atoms with van der Waals surface area (Å²) in [5.41, 5.74) is 0.658. The van der Waals surface area contributed by atoms with E-state index in [4.69, 9.17) is 9.84 Å². The van der Waals surface area contributed by atoms with Crippen LogP contribution in [-0.2, 0) is 6.61 Å². The molecule has 0 saturated heterocycles. The molecule has 4 nitrogen and oxygen atoms in total. The third kappa shape index (κ3) is 5.59. The number of ether oxygens (including phenoxy) is 1. The Labute approximate surface area is 115 Å². The third-order valence-electron chi connectivity index (χ3n) is 3.20. The first-order valence-electron chi connectivity index (χ1n) is 6.82. The van der Waals surface area contributed by atoms with Crippen molar-refractivity contribution in [3.05, 3.63) is 29.8 Å². The highest BCUT2D eigenvalue weighted by Crippen LogP contribution is 2.15. The van der Waals surface area contributed by atoms with Crippen molar-refractivity contribution in [2.45, 2.75) is 38.8 Å². The molecule has 3 N–H and O–H groups in total. The van der Waals surface area contributed by atoms with Crippen LogP contribution in [0.15, 0.2) is 24.3 Å². The number of aliphatic hydroxyl groups is 2. The van der Waals surface area contributed by atoms with Crippen molar-refractivity contribution in [1.29, 1.82) is 0 Å². The molecule has 0 aliphatic rings. The van der Waals surface area contributed by atoms with Gasteiger partial charge in [0, 0.05) is 5.54 Å². The number of hydrogen-bond acceptors (Lipinski definition) is 4. The average Bonchev–Trinajstić information content (AvgIpc) is 2.44. The summed E-state index contributed by atoms with van der Waals surface area (Å²) in [7, 11) is 0. The molecule has 0 bridgehead atoms. The Morgan fingerprint density at radius 2 is 1.89 bits per heavy atom. The predicted octanol–water partition coefficient (Wildman–Crippen LogP) is 1.70. The second kappa shape index (κ2) is 8.15. The molecule has 0 radical (unpaired) electrons. The van der Waals surface area contributed by atoms with Gasteiger partial charge in [0.05, 0.1) is 19.8 Å². The van der Waals surface area contributed by atoms with Crippen molar-refractivity contribution in [1.82, 2.24) is 5.32 Å². The zero-order valence-corrected chi connectivity index (χ0v) is 11.9. The molecule has 1 aromatic rings. The molecule has 1 unspecified atom stereocenters. The number of aliphatic hydroxyl groups excluding tert-OH is 2. The molecule has 19 heavy (non-hydrogen) atoms. The van der Waals surface area contributed by atoms with Crippen molar-refractivity contribution in [3.63, 3.8) is 0 Å². The SMILES string of the molecule is CCNC(C)(CO)CCCOc1ccc(CO)cc1. The topological polar surface area (TPSA) is 61.7 Å². The molecule has 4 heteroatoms. The van der Waals surface area contributed by atoms with Gasteiger partial charge in [-0.25, -0.2) is 0 Å². The molecule has 0 aliphatic carbocycles. The Bertz CT molecular complexity index is 353. The molecule has 0 saturated carbocycles. The zero-order chi connectivity index (χ0) is 14.1. The lowest BCUT2D eigenvalue weighted by molar-refractivity contribution is 0.158. The molecule has 0 fully saturated rings. The van der Waals surface area contributed by atoms with Crippen LogP contribution >= 0.6 is 0 Å². The van der Waals surface area contributed by atoms with Crippen molar-refractivity contribution in [2.24, 2.45) is 0 Å². The number of hydrogen-bond donors (Lipinski definition) is 3. The van der Waals surface area contributed by atoms with E-state index in [1.54, 1.807) is 0 Å². The maximum Gasteiger partial charge on any atom is 0.119 e. The van der Waals surface area contributed by atoms with Crippen LogP contribution < -0.4 is 10.1 Å². The smallest absolute Gasteiger partial charge is 0.119 e. The quantitative estimate of drug-likeness (QED) is 0.596. The Hall–Kier alpha value is -1.10. The summed E-state index contributed by atoms with van der Waals surface area (Å²) in [6, 6.07) is 7.43. The van der Waals surface area contributed by atoms with Crippen molar-refractivity contribution < 1.29 is 14.9 Å². The Morgan fingerprint density at radius 3 is 2.42 bits per heavy atom. The van der Waals surface area contributed by atoms with Crippen LogP contribution in [0.1, 0.15) is 32.3 Å². The lowest BCUT2D eigenvalue weighted by Gasteiger charge is -2.28. The van der Waals surface area contributed by atoms with E-state index in [-0.39, 0.29) is 18.8 Å². The fourth-order valence-corrected chi connectivity index (χ4v) is 1.99. The maximum absolute atomic E-state index is 9.36. The highest BCUT2D eigenvalue weighted by molar-refractivity contribution is 5.26. The minimum absolute atomic E-state index is 0.0534. The lowest BCUT2D eigenvalue weighted by Crippen LogP contribution is -2.45. The molecule has 0 aromatic heterocycles. The van der Waals surface area contributed by atoms with Crippen LogP contribution in [-0.4, -0.2) is 35.5 Å². The van der Waals surface area contributed by atoms with Gasteiger partial charge in [-0.2, -0.15) is 0 Å². The molecule has 0 spiro atoms. The summed E-state index contributed by atoms with van der Waals surface area (Å²) in [6.07, 6.45) is 1.75. The zero-order valence-electron chi connectivity index (χ0n) is 11.9. The van der Waals surface area contributed by atoms with Gasteiger partial charge < -0.3 is 20.3 Å². The van der Waals surface area contributed by atoms with Crippen molar-refractivity contribution >= 4 is 0 Å². The summed E-state index contributed by atoms with van der Waals surface area (Å²) in [6.45, 7) is 5.71. The first-order valence-corrected chi connectivity index (χ1v) is 6.82. The van der Waals surface area contributed by atoms with Crippen LogP contribution in [0.25, 0.3) is 0 Å². The summed E-state index contributed by atoms with van der Waals surface area (Å²) in [4.78, 5) is 0. The first-order chi connectivity index (χ1) is 9.13. The summed E-state index contributed by atoms with van der Waals surface area (Å²) < 4.78 is 5.63. The molecule has 1 atom stereocenters. The number of benzene rings is 1. The van der Waals surface area contributed by atoms with E-state index in [2.05, 4.69) is 5.32 Å². The van der Waals surface area contributed by atoms with Gasteiger partial charge in [0.2, 0.25) is 0 Å². The Morgan fingerprint density at radius 1 is 1.21 bits per heavy atom. The van der Waals surface area contributed by atoms with E-state index in [1.807, 2.05) is 38.1 Å². The number of likely N-dealkylation sites (N-methyl/N-ethyl adjacent to an activating group) is 1. The van der Waals surface area contributed by atoms with E-state index in [1.165, 1.54) is 0 Å². The van der Waals surface area contributed by atoms with E-state index in [9.17, 15) is 5.11 Å². The first kappa shape index (κ1) is 16.0. The van der Waals surface area contributed by atoms with Crippen LogP contribution in [0.5, 0.6) is 5.75 Å². The normalized spacial score (nSPS) is 14.1. The fourth-order valence-electron chi connectivity index (χ4n) is 1.99. The van der Waals surface area contributed by atoms with Gasteiger partial charge >= 0.3 is 0 Å². The molecule has 1 aromatic carbocycles. The summed E-state index contributed by atoms with van der Waals surface area (Å²) in [5, 5.41) is 21.6. The average molecular weight is 267 g/mol. The molecule has 0 aliphatic heterocycles. The van der Waals surface area contributed by atoms with E-state index in [0.29, 0.717) is 6.61 Å². The van der Waals surface area contributed by atoms with Gasteiger partial charge in [-0.15, -0.1) is 0 Å². The molecule has 0 heterocycles. The predicted molar refractivity (Wildman–Crippen MR) is 76.3 cm³/mol. The summed E-state index contributed by atoms with van der Waals surface area (Å²) in [5.74, 6) is 0.811. The second-order valence-electron chi connectivity index (χ2n) is 5.00. The molecular formula is C15H25NO3. The van der Waals surface area contributed by atoms with E-state index >= 15 is 0 Å². The van der Waals surface area contributed by atoms with Gasteiger partial charge in [-0.05, 0) is 44.0 Å². The van der Waals surface area contributed by atoms with Gasteiger partial charge in [0.15, 0.2) is 0 Å². The lowest BCUT2D eigenvalue weighted by atomic mass is 9.97. The van der Waals surface area contributed by atoms with Crippen LogP contribution in [0.4, 0.5) is 0 Å². The molecular weight excluding hydrogens is 242 g/mol.